The highest BCUT2D eigenvalue weighted by molar-refractivity contribution is 5.95. The van der Waals surface area contributed by atoms with E-state index in [1.807, 2.05) is 43.1 Å². The van der Waals surface area contributed by atoms with Gasteiger partial charge in [-0.05, 0) is 49.4 Å². The second kappa shape index (κ2) is 12.5. The Hall–Kier alpha value is -2.45. The molecule has 3 amide bonds. The van der Waals surface area contributed by atoms with Gasteiger partial charge in [-0.25, -0.2) is 0 Å². The predicted octanol–water partition coefficient (Wildman–Crippen LogP) is 2.55. The van der Waals surface area contributed by atoms with E-state index in [1.165, 1.54) is 0 Å². The summed E-state index contributed by atoms with van der Waals surface area (Å²) in [4.78, 5) is 42.4. The maximum Gasteiger partial charge on any atom is 0.245 e. The van der Waals surface area contributed by atoms with Gasteiger partial charge in [-0.2, -0.15) is 0 Å². The van der Waals surface area contributed by atoms with Gasteiger partial charge >= 0.3 is 0 Å². The predicted molar refractivity (Wildman–Crippen MR) is 139 cm³/mol. The first-order valence-electron chi connectivity index (χ1n) is 13.1. The zero-order chi connectivity index (χ0) is 25.5. The molecule has 0 radical (unpaired) electrons. The third-order valence-electron chi connectivity index (χ3n) is 7.79. The standard InChI is InChI=1S/C27H43N5O3/c1-5-23(33)30-25(27(35)32-16-14-31(4)15-17-32)19(3)20-10-12-22(13-11-20)29-26(34)24(28)21-8-6-18(2)7-9-21/h10-13,18-19,21,24-25H,5-9,14-17,28H2,1-4H3,(H,29,34)(H,30,33)/t18-,19-,21-,24-,25+/m0/s1. The first kappa shape index (κ1) is 27.1. The van der Waals surface area contributed by atoms with Gasteiger partial charge in [0.05, 0.1) is 6.04 Å². The number of anilines is 1. The van der Waals surface area contributed by atoms with Crippen LogP contribution in [0.1, 0.15) is 64.4 Å². The van der Waals surface area contributed by atoms with Crippen molar-refractivity contribution >= 4 is 23.4 Å². The molecule has 1 heterocycles. The van der Waals surface area contributed by atoms with Crippen LogP contribution in [-0.4, -0.2) is 72.8 Å². The molecule has 4 N–H and O–H groups in total. The third kappa shape index (κ3) is 7.27. The van der Waals surface area contributed by atoms with Gasteiger partial charge < -0.3 is 26.2 Å². The van der Waals surface area contributed by atoms with Gasteiger partial charge in [0.25, 0.3) is 0 Å². The molecule has 1 saturated heterocycles. The van der Waals surface area contributed by atoms with E-state index in [4.69, 9.17) is 5.73 Å². The number of piperazine rings is 1. The lowest BCUT2D eigenvalue weighted by Crippen LogP contribution is -2.55. The Labute approximate surface area is 210 Å². The minimum Gasteiger partial charge on any atom is -0.344 e. The van der Waals surface area contributed by atoms with Crippen LogP contribution in [0.15, 0.2) is 24.3 Å². The van der Waals surface area contributed by atoms with E-state index in [0.717, 1.165) is 44.3 Å². The summed E-state index contributed by atoms with van der Waals surface area (Å²) in [5.41, 5.74) is 7.89. The van der Waals surface area contributed by atoms with E-state index in [1.54, 1.807) is 6.92 Å². The first-order valence-corrected chi connectivity index (χ1v) is 13.1. The Balaban J connectivity index is 1.65. The summed E-state index contributed by atoms with van der Waals surface area (Å²) in [5, 5.41) is 5.90. The number of nitrogens with one attached hydrogen (secondary N) is 2. The number of hydrogen-bond donors (Lipinski definition) is 3. The van der Waals surface area contributed by atoms with Crippen LogP contribution < -0.4 is 16.4 Å². The second-order valence-corrected chi connectivity index (χ2v) is 10.5. The second-order valence-electron chi connectivity index (χ2n) is 10.5. The van der Waals surface area contributed by atoms with Crippen LogP contribution in [0.2, 0.25) is 0 Å². The summed E-state index contributed by atoms with van der Waals surface area (Å²) in [7, 11) is 2.05. The maximum absolute atomic E-state index is 13.4. The lowest BCUT2D eigenvalue weighted by atomic mass is 9.79. The molecule has 3 atom stereocenters. The van der Waals surface area contributed by atoms with Crippen molar-refractivity contribution in [1.82, 2.24) is 15.1 Å². The fourth-order valence-corrected chi connectivity index (χ4v) is 5.05. The molecule has 3 rings (SSSR count). The van der Waals surface area contributed by atoms with Crippen molar-refractivity contribution in [2.75, 3.05) is 38.5 Å². The van der Waals surface area contributed by atoms with Gasteiger partial charge in [0.2, 0.25) is 17.7 Å². The summed E-state index contributed by atoms with van der Waals surface area (Å²) in [6.07, 6.45) is 4.57. The van der Waals surface area contributed by atoms with E-state index in [2.05, 4.69) is 22.5 Å². The van der Waals surface area contributed by atoms with Crippen molar-refractivity contribution in [1.29, 1.82) is 0 Å². The summed E-state index contributed by atoms with van der Waals surface area (Å²) in [6.45, 7) is 8.96. The average Bonchev–Trinajstić information content (AvgIpc) is 2.87. The molecule has 1 aromatic carbocycles. The molecule has 35 heavy (non-hydrogen) atoms. The number of nitrogens with zero attached hydrogens (tertiary/aromatic N) is 2. The zero-order valence-corrected chi connectivity index (χ0v) is 21.8. The van der Waals surface area contributed by atoms with E-state index in [9.17, 15) is 14.4 Å². The molecule has 8 heteroatoms. The quantitative estimate of drug-likeness (QED) is 0.525. The van der Waals surface area contributed by atoms with Crippen LogP contribution in [0.5, 0.6) is 0 Å². The number of amides is 3. The Kier molecular flexibility index (Phi) is 9.69. The Morgan fingerprint density at radius 3 is 2.20 bits per heavy atom. The molecule has 0 bridgehead atoms. The molecular formula is C27H43N5O3. The van der Waals surface area contributed by atoms with Crippen LogP contribution in [0.4, 0.5) is 5.69 Å². The van der Waals surface area contributed by atoms with E-state index >= 15 is 0 Å². The summed E-state index contributed by atoms with van der Waals surface area (Å²) < 4.78 is 0. The van der Waals surface area contributed by atoms with Gasteiger partial charge in [0, 0.05) is 44.2 Å². The van der Waals surface area contributed by atoms with Gasteiger partial charge in [0.15, 0.2) is 0 Å². The van der Waals surface area contributed by atoms with Gasteiger partial charge in [-0.15, -0.1) is 0 Å². The number of carbonyl (C=O) groups is 3. The van der Waals surface area contributed by atoms with Crippen LogP contribution in [0, 0.1) is 11.8 Å². The van der Waals surface area contributed by atoms with Crippen LogP contribution >= 0.6 is 0 Å². The smallest absolute Gasteiger partial charge is 0.245 e. The van der Waals surface area contributed by atoms with Gasteiger partial charge in [-0.1, -0.05) is 45.7 Å². The van der Waals surface area contributed by atoms with Crippen molar-refractivity contribution in [3.05, 3.63) is 29.8 Å². The maximum atomic E-state index is 13.4. The van der Waals surface area contributed by atoms with Crippen LogP contribution in [0.3, 0.4) is 0 Å². The minimum absolute atomic E-state index is 0.0439. The molecule has 1 aliphatic carbocycles. The van der Waals surface area contributed by atoms with Crippen molar-refractivity contribution in [2.24, 2.45) is 17.6 Å². The van der Waals surface area contributed by atoms with Gasteiger partial charge in [-0.3, -0.25) is 14.4 Å². The summed E-state index contributed by atoms with van der Waals surface area (Å²) >= 11 is 0. The molecule has 1 saturated carbocycles. The molecular weight excluding hydrogens is 442 g/mol. The number of rotatable bonds is 8. The number of carbonyl (C=O) groups excluding carboxylic acids is 3. The Morgan fingerprint density at radius 1 is 1.03 bits per heavy atom. The molecule has 1 aliphatic heterocycles. The molecule has 0 spiro atoms. The highest BCUT2D eigenvalue weighted by Crippen LogP contribution is 2.30. The van der Waals surface area contributed by atoms with Crippen molar-refractivity contribution in [2.45, 2.75) is 70.9 Å². The molecule has 2 fully saturated rings. The number of nitrogens with two attached hydrogens (primary N) is 1. The molecule has 2 aliphatic rings. The highest BCUT2D eigenvalue weighted by atomic mass is 16.2. The Bertz CT molecular complexity index is 858. The van der Waals surface area contributed by atoms with Crippen LogP contribution in [-0.2, 0) is 14.4 Å². The zero-order valence-electron chi connectivity index (χ0n) is 21.8. The molecule has 194 valence electrons. The third-order valence-corrected chi connectivity index (χ3v) is 7.79. The molecule has 1 aromatic rings. The van der Waals surface area contributed by atoms with Crippen molar-refractivity contribution < 1.29 is 14.4 Å². The Morgan fingerprint density at radius 2 is 1.63 bits per heavy atom. The summed E-state index contributed by atoms with van der Waals surface area (Å²) in [6, 6.07) is 6.38. The SMILES string of the molecule is CCC(=O)N[C@@H](C(=O)N1CCN(C)CC1)[C@@H](C)c1ccc(NC(=O)[C@@H](N)[C@H]2CC[C@H](C)CC2)cc1. The van der Waals surface area contributed by atoms with Crippen molar-refractivity contribution in [3.8, 4) is 0 Å². The van der Waals surface area contributed by atoms with E-state index in [-0.39, 0.29) is 29.6 Å². The fraction of sp³-hybridized carbons (Fsp3) is 0.667. The number of likely N-dealkylation sites (N-methyl/N-ethyl adjacent to an activating group) is 1. The topological polar surface area (TPSA) is 108 Å². The molecule has 0 unspecified atom stereocenters. The van der Waals surface area contributed by atoms with E-state index < -0.39 is 12.1 Å². The first-order chi connectivity index (χ1) is 16.7. The summed E-state index contributed by atoms with van der Waals surface area (Å²) in [5.74, 6) is 0.397. The highest BCUT2D eigenvalue weighted by Gasteiger charge is 2.33. The molecule has 8 nitrogen and oxygen atoms in total. The monoisotopic (exact) mass is 485 g/mol. The van der Waals surface area contributed by atoms with Crippen LogP contribution in [0.25, 0.3) is 0 Å². The average molecular weight is 486 g/mol. The lowest BCUT2D eigenvalue weighted by molar-refractivity contribution is -0.138. The minimum atomic E-state index is -0.631. The van der Waals surface area contributed by atoms with E-state index in [0.29, 0.717) is 31.1 Å². The lowest BCUT2D eigenvalue weighted by Gasteiger charge is -2.36. The number of benzene rings is 1. The fourth-order valence-electron chi connectivity index (χ4n) is 5.05. The molecule has 0 aromatic heterocycles. The largest absolute Gasteiger partial charge is 0.344 e. The normalized spacial score (nSPS) is 23.7. The van der Waals surface area contributed by atoms with Crippen molar-refractivity contribution in [3.63, 3.8) is 0 Å². The number of hydrogen-bond acceptors (Lipinski definition) is 5. The van der Waals surface area contributed by atoms with Gasteiger partial charge in [0.1, 0.15) is 6.04 Å².